The molecule has 0 spiro atoms. The van der Waals surface area contributed by atoms with Crippen LogP contribution >= 0.6 is 11.6 Å². The van der Waals surface area contributed by atoms with Crippen LogP contribution in [0, 0.1) is 6.92 Å². The van der Waals surface area contributed by atoms with Gasteiger partial charge in [0.15, 0.2) is 11.5 Å². The lowest BCUT2D eigenvalue weighted by Gasteiger charge is -2.20. The number of aliphatic hydroxyl groups excluding tert-OH is 1. The molecule has 0 saturated heterocycles. The summed E-state index contributed by atoms with van der Waals surface area (Å²) in [6, 6.07) is 10.2. The standard InChI is InChI=1S/C22H24ClNO7/c1-3-15(24-11-17(25)14-5-6-16(23)12(2)8-14)9-13-4-7-18-19(10-13)31-22(30-18,20(26)27)21(28)29/h4-8,10,15,17,24-25H,3,9,11H2,1-2H3,(H,26,27)(H,28,29). The van der Waals surface area contributed by atoms with Crippen LogP contribution in [0.5, 0.6) is 11.5 Å². The number of hydrogen-bond donors (Lipinski definition) is 4. The minimum Gasteiger partial charge on any atom is -0.475 e. The summed E-state index contributed by atoms with van der Waals surface area (Å²) in [6.45, 7) is 4.22. The summed E-state index contributed by atoms with van der Waals surface area (Å²) in [5.41, 5.74) is 2.47. The highest BCUT2D eigenvalue weighted by Gasteiger charge is 2.57. The lowest BCUT2D eigenvalue weighted by molar-refractivity contribution is -0.194. The van der Waals surface area contributed by atoms with E-state index in [1.54, 1.807) is 24.3 Å². The second-order valence-electron chi connectivity index (χ2n) is 7.45. The molecule has 3 rings (SSSR count). The van der Waals surface area contributed by atoms with Crippen molar-refractivity contribution >= 4 is 23.5 Å². The lowest BCUT2D eigenvalue weighted by atomic mass is 10.0. The molecule has 0 aromatic heterocycles. The van der Waals surface area contributed by atoms with E-state index >= 15 is 0 Å². The summed E-state index contributed by atoms with van der Waals surface area (Å²) in [7, 11) is 0. The molecule has 0 radical (unpaired) electrons. The van der Waals surface area contributed by atoms with Crippen LogP contribution in [0.4, 0.5) is 0 Å². The Morgan fingerprint density at radius 2 is 1.77 bits per heavy atom. The summed E-state index contributed by atoms with van der Waals surface area (Å²) < 4.78 is 10.2. The van der Waals surface area contributed by atoms with Gasteiger partial charge in [-0.25, -0.2) is 9.59 Å². The molecule has 2 unspecified atom stereocenters. The molecule has 0 aliphatic carbocycles. The smallest absolute Gasteiger partial charge is 0.453 e. The minimum atomic E-state index is -2.77. The van der Waals surface area contributed by atoms with Crippen molar-refractivity contribution < 1.29 is 34.4 Å². The number of aliphatic carboxylic acids is 2. The van der Waals surface area contributed by atoms with E-state index in [0.29, 0.717) is 18.0 Å². The summed E-state index contributed by atoms with van der Waals surface area (Å²) in [5.74, 6) is -6.13. The van der Waals surface area contributed by atoms with Gasteiger partial charge in [-0.3, -0.25) is 0 Å². The second-order valence-corrected chi connectivity index (χ2v) is 7.86. The number of fused-ring (bicyclic) bond motifs is 1. The van der Waals surface area contributed by atoms with Gasteiger partial charge in [0.1, 0.15) is 0 Å². The molecule has 31 heavy (non-hydrogen) atoms. The largest absolute Gasteiger partial charge is 0.475 e. The van der Waals surface area contributed by atoms with Gasteiger partial charge in [0, 0.05) is 17.6 Å². The van der Waals surface area contributed by atoms with Gasteiger partial charge in [-0.2, -0.15) is 0 Å². The molecule has 0 amide bonds. The Balaban J connectivity index is 1.65. The Morgan fingerprint density at radius 3 is 2.39 bits per heavy atom. The number of aliphatic hydroxyl groups is 1. The van der Waals surface area contributed by atoms with Gasteiger partial charge in [0.25, 0.3) is 0 Å². The van der Waals surface area contributed by atoms with Crippen LogP contribution in [0.3, 0.4) is 0 Å². The molecular formula is C22H24ClNO7. The highest BCUT2D eigenvalue weighted by atomic mass is 35.5. The first-order valence-electron chi connectivity index (χ1n) is 9.81. The van der Waals surface area contributed by atoms with Crippen molar-refractivity contribution in [2.24, 2.45) is 0 Å². The van der Waals surface area contributed by atoms with Crippen molar-refractivity contribution in [3.63, 3.8) is 0 Å². The number of hydrogen-bond acceptors (Lipinski definition) is 6. The van der Waals surface area contributed by atoms with Crippen molar-refractivity contribution in [3.8, 4) is 11.5 Å². The van der Waals surface area contributed by atoms with E-state index in [1.807, 2.05) is 19.9 Å². The highest BCUT2D eigenvalue weighted by Crippen LogP contribution is 2.40. The van der Waals surface area contributed by atoms with Gasteiger partial charge in [-0.15, -0.1) is 0 Å². The zero-order chi connectivity index (χ0) is 22.8. The van der Waals surface area contributed by atoms with Crippen LogP contribution in [-0.2, 0) is 16.0 Å². The highest BCUT2D eigenvalue weighted by molar-refractivity contribution is 6.31. The van der Waals surface area contributed by atoms with Crippen LogP contribution in [-0.4, -0.2) is 45.6 Å². The van der Waals surface area contributed by atoms with E-state index in [2.05, 4.69) is 5.32 Å². The summed E-state index contributed by atoms with van der Waals surface area (Å²) >= 11 is 6.04. The van der Waals surface area contributed by atoms with Gasteiger partial charge in [0.05, 0.1) is 6.10 Å². The topological polar surface area (TPSA) is 125 Å². The van der Waals surface area contributed by atoms with Crippen molar-refractivity contribution in [2.45, 2.75) is 44.6 Å². The van der Waals surface area contributed by atoms with Crippen LogP contribution in [0.1, 0.15) is 36.1 Å². The normalized spacial score (nSPS) is 16.0. The molecular weight excluding hydrogens is 426 g/mol. The Hall–Kier alpha value is -2.81. The SMILES string of the molecule is CCC(Cc1ccc2c(c1)OC(C(=O)O)(C(=O)O)O2)NCC(O)c1ccc(Cl)c(C)c1. The van der Waals surface area contributed by atoms with Crippen molar-refractivity contribution in [1.29, 1.82) is 0 Å². The fourth-order valence-electron chi connectivity index (χ4n) is 3.36. The Bertz CT molecular complexity index is 980. The molecule has 0 bridgehead atoms. The maximum atomic E-state index is 11.4. The molecule has 2 aromatic carbocycles. The molecule has 2 atom stereocenters. The number of carboxylic acid groups (broad SMARTS) is 2. The number of rotatable bonds is 9. The van der Waals surface area contributed by atoms with Gasteiger partial charge >= 0.3 is 17.7 Å². The Morgan fingerprint density at radius 1 is 1.10 bits per heavy atom. The van der Waals surface area contributed by atoms with Crippen LogP contribution < -0.4 is 14.8 Å². The molecule has 2 aromatic rings. The zero-order valence-electron chi connectivity index (χ0n) is 17.1. The fourth-order valence-corrected chi connectivity index (χ4v) is 3.47. The summed E-state index contributed by atoms with van der Waals surface area (Å²) in [5, 5.41) is 32.9. The van der Waals surface area contributed by atoms with Crippen molar-refractivity contribution in [1.82, 2.24) is 5.32 Å². The predicted octanol–water partition coefficient (Wildman–Crippen LogP) is 2.93. The lowest BCUT2D eigenvalue weighted by Crippen LogP contribution is -2.54. The average molecular weight is 450 g/mol. The van der Waals surface area contributed by atoms with Crippen molar-refractivity contribution in [2.75, 3.05) is 6.54 Å². The Kier molecular flexibility index (Phi) is 6.74. The number of aryl methyl sites for hydroxylation is 1. The minimum absolute atomic E-state index is 0.0205. The van der Waals surface area contributed by atoms with E-state index in [-0.39, 0.29) is 17.5 Å². The Labute approximate surface area is 184 Å². The van der Waals surface area contributed by atoms with Gasteiger partial charge < -0.3 is 30.1 Å². The third-order valence-electron chi connectivity index (χ3n) is 5.22. The maximum absolute atomic E-state index is 11.4. The number of nitrogens with one attached hydrogen (secondary N) is 1. The van der Waals surface area contributed by atoms with Crippen LogP contribution in [0.25, 0.3) is 0 Å². The fraction of sp³-hybridized carbons (Fsp3) is 0.364. The maximum Gasteiger partial charge on any atom is 0.453 e. The second kappa shape index (κ2) is 9.13. The third-order valence-corrected chi connectivity index (χ3v) is 5.64. The van der Waals surface area contributed by atoms with E-state index < -0.39 is 23.8 Å². The molecule has 166 valence electrons. The molecule has 9 heteroatoms. The molecule has 0 saturated carbocycles. The zero-order valence-corrected chi connectivity index (χ0v) is 17.8. The molecule has 4 N–H and O–H groups in total. The molecule has 1 heterocycles. The molecule has 8 nitrogen and oxygen atoms in total. The third kappa shape index (κ3) is 4.76. The van der Waals surface area contributed by atoms with E-state index in [1.165, 1.54) is 6.07 Å². The van der Waals surface area contributed by atoms with Gasteiger partial charge in [-0.05, 0) is 54.7 Å². The first-order valence-corrected chi connectivity index (χ1v) is 10.2. The molecule has 0 fully saturated rings. The molecule has 1 aliphatic heterocycles. The first-order chi connectivity index (χ1) is 14.7. The molecule has 1 aliphatic rings. The van der Waals surface area contributed by atoms with Crippen LogP contribution in [0.2, 0.25) is 5.02 Å². The van der Waals surface area contributed by atoms with Crippen LogP contribution in [0.15, 0.2) is 36.4 Å². The first kappa shape index (κ1) is 22.9. The predicted molar refractivity (Wildman–Crippen MR) is 113 cm³/mol. The van der Waals surface area contributed by atoms with Crippen molar-refractivity contribution in [3.05, 3.63) is 58.1 Å². The summed E-state index contributed by atoms with van der Waals surface area (Å²) in [4.78, 5) is 22.8. The number of ether oxygens (including phenoxy) is 2. The number of carbonyl (C=O) groups is 2. The van der Waals surface area contributed by atoms with E-state index in [4.69, 9.17) is 21.1 Å². The van der Waals surface area contributed by atoms with Gasteiger partial charge in [-0.1, -0.05) is 36.7 Å². The average Bonchev–Trinajstić information content (AvgIpc) is 3.13. The van der Waals surface area contributed by atoms with E-state index in [9.17, 15) is 24.9 Å². The number of benzene rings is 2. The number of halogens is 1. The van der Waals surface area contributed by atoms with Gasteiger partial charge in [0.2, 0.25) is 0 Å². The monoisotopic (exact) mass is 449 g/mol. The quantitative estimate of drug-likeness (QED) is 0.430. The number of carboxylic acids is 2. The van der Waals surface area contributed by atoms with E-state index in [0.717, 1.165) is 23.1 Å². The summed E-state index contributed by atoms with van der Waals surface area (Å²) in [6.07, 6.45) is 0.635.